The second-order valence-electron chi connectivity index (χ2n) is 3.66. The summed E-state index contributed by atoms with van der Waals surface area (Å²) < 4.78 is 0. The lowest BCUT2D eigenvalue weighted by molar-refractivity contribution is 0.102. The van der Waals surface area contributed by atoms with Gasteiger partial charge in [-0.2, -0.15) is 0 Å². The van der Waals surface area contributed by atoms with E-state index in [-0.39, 0.29) is 5.91 Å². The van der Waals surface area contributed by atoms with Crippen LogP contribution in [0.4, 0.5) is 5.13 Å². The molecule has 0 saturated heterocycles. The average Bonchev–Trinajstić information content (AvgIpc) is 2.84. The van der Waals surface area contributed by atoms with Crippen molar-refractivity contribution in [3.05, 3.63) is 40.7 Å². The molecule has 0 unspecified atom stereocenters. The van der Waals surface area contributed by atoms with Gasteiger partial charge in [0.1, 0.15) is 5.69 Å². The molecule has 0 aliphatic heterocycles. The molecule has 0 saturated carbocycles. The topological polar surface area (TPSA) is 80.9 Å². The molecule has 0 fully saturated rings. The first-order valence-electron chi connectivity index (χ1n) is 5.58. The molecular formula is C13H12N4OS. The lowest BCUT2D eigenvalue weighted by Crippen LogP contribution is -2.14. The number of aromatic nitrogens is 2. The fourth-order valence-corrected chi connectivity index (χ4v) is 2.09. The van der Waals surface area contributed by atoms with Crippen LogP contribution in [0.2, 0.25) is 0 Å². The first-order chi connectivity index (χ1) is 9.20. The predicted molar refractivity (Wildman–Crippen MR) is 75.0 cm³/mol. The normalized spacial score (nSPS) is 9.58. The number of carbonyl (C=O) groups excluding carboxylic acids is 1. The van der Waals surface area contributed by atoms with Crippen LogP contribution in [-0.2, 0) is 0 Å². The number of nitrogens with zero attached hydrogens (tertiary/aromatic N) is 2. The van der Waals surface area contributed by atoms with Crippen molar-refractivity contribution in [2.45, 2.75) is 6.92 Å². The van der Waals surface area contributed by atoms with E-state index in [4.69, 9.17) is 5.73 Å². The fourth-order valence-electron chi connectivity index (χ4n) is 1.41. The summed E-state index contributed by atoms with van der Waals surface area (Å²) in [5, 5.41) is 3.20. The highest BCUT2D eigenvalue weighted by Crippen LogP contribution is 2.18. The third kappa shape index (κ3) is 3.37. The summed E-state index contributed by atoms with van der Waals surface area (Å²) in [6.45, 7) is 2.13. The maximum atomic E-state index is 12.0. The van der Waals surface area contributed by atoms with Crippen molar-refractivity contribution in [2.24, 2.45) is 5.73 Å². The number of pyridine rings is 1. The summed E-state index contributed by atoms with van der Waals surface area (Å²) in [6.07, 6.45) is 3.19. The molecule has 0 aromatic carbocycles. The molecule has 0 spiro atoms. The second kappa shape index (κ2) is 6.09. The summed E-state index contributed by atoms with van der Waals surface area (Å²) in [5.41, 5.74) is 6.50. The summed E-state index contributed by atoms with van der Waals surface area (Å²) in [6, 6.07) is 3.62. The van der Waals surface area contributed by atoms with Crippen LogP contribution in [0, 0.1) is 18.8 Å². The summed E-state index contributed by atoms with van der Waals surface area (Å²) in [5.74, 6) is 5.33. The maximum absolute atomic E-state index is 12.0. The summed E-state index contributed by atoms with van der Waals surface area (Å²) in [7, 11) is 0. The Hall–Kier alpha value is -2.23. The van der Waals surface area contributed by atoms with Crippen molar-refractivity contribution in [1.29, 1.82) is 0 Å². The molecule has 6 heteroatoms. The number of anilines is 1. The quantitative estimate of drug-likeness (QED) is 0.810. The Kier molecular flexibility index (Phi) is 4.23. The average molecular weight is 272 g/mol. The van der Waals surface area contributed by atoms with Gasteiger partial charge in [0.15, 0.2) is 5.13 Å². The van der Waals surface area contributed by atoms with Crippen LogP contribution < -0.4 is 11.1 Å². The van der Waals surface area contributed by atoms with Gasteiger partial charge in [0.05, 0.1) is 17.6 Å². The van der Waals surface area contributed by atoms with Crippen LogP contribution in [0.25, 0.3) is 0 Å². The summed E-state index contributed by atoms with van der Waals surface area (Å²) in [4.78, 5) is 20.9. The molecular weight excluding hydrogens is 260 g/mol. The van der Waals surface area contributed by atoms with E-state index in [2.05, 4.69) is 27.1 Å². The van der Waals surface area contributed by atoms with Gasteiger partial charge >= 0.3 is 0 Å². The van der Waals surface area contributed by atoms with Gasteiger partial charge < -0.3 is 5.73 Å². The van der Waals surface area contributed by atoms with Crippen molar-refractivity contribution >= 4 is 22.4 Å². The van der Waals surface area contributed by atoms with Gasteiger partial charge in [0.2, 0.25) is 0 Å². The molecule has 0 radical (unpaired) electrons. The van der Waals surface area contributed by atoms with Gasteiger partial charge in [-0.25, -0.2) is 4.98 Å². The fraction of sp³-hybridized carbons (Fsp3) is 0.154. The predicted octanol–water partition coefficient (Wildman–Crippen LogP) is 1.41. The smallest absolute Gasteiger partial charge is 0.276 e. The van der Waals surface area contributed by atoms with Gasteiger partial charge in [-0.1, -0.05) is 29.2 Å². The number of hydrogen-bond donors (Lipinski definition) is 2. The number of carbonyl (C=O) groups is 1. The minimum absolute atomic E-state index is 0.272. The van der Waals surface area contributed by atoms with Gasteiger partial charge in [-0.05, 0) is 18.6 Å². The van der Waals surface area contributed by atoms with Crippen LogP contribution in [0.15, 0.2) is 24.5 Å². The lowest BCUT2D eigenvalue weighted by atomic mass is 10.2. The lowest BCUT2D eigenvalue weighted by Gasteiger charge is -2.03. The molecule has 2 aromatic heterocycles. The number of thiazole rings is 1. The largest absolute Gasteiger partial charge is 0.320 e. The van der Waals surface area contributed by atoms with Gasteiger partial charge in [0.25, 0.3) is 5.91 Å². The Balaban J connectivity index is 2.11. The van der Waals surface area contributed by atoms with Crippen molar-refractivity contribution in [3.63, 3.8) is 0 Å². The Bertz CT molecular complexity index is 654. The number of aryl methyl sites for hydroxylation is 1. The monoisotopic (exact) mass is 272 g/mol. The molecule has 0 bridgehead atoms. The van der Waals surface area contributed by atoms with E-state index in [1.165, 1.54) is 11.3 Å². The number of amides is 1. The minimum atomic E-state index is -0.272. The Morgan fingerprint density at radius 1 is 1.53 bits per heavy atom. The van der Waals surface area contributed by atoms with E-state index in [1.807, 2.05) is 13.0 Å². The zero-order valence-corrected chi connectivity index (χ0v) is 11.1. The molecule has 0 aliphatic rings. The second-order valence-corrected chi connectivity index (χ2v) is 4.69. The maximum Gasteiger partial charge on any atom is 0.276 e. The highest BCUT2D eigenvalue weighted by Gasteiger charge is 2.11. The van der Waals surface area contributed by atoms with E-state index in [1.54, 1.807) is 18.5 Å². The molecule has 96 valence electrons. The molecule has 19 heavy (non-hydrogen) atoms. The van der Waals surface area contributed by atoms with E-state index in [9.17, 15) is 4.79 Å². The zero-order chi connectivity index (χ0) is 13.7. The molecule has 1 amide bonds. The van der Waals surface area contributed by atoms with Crippen molar-refractivity contribution < 1.29 is 4.79 Å². The molecule has 2 rings (SSSR count). The van der Waals surface area contributed by atoms with E-state index in [0.29, 0.717) is 17.4 Å². The van der Waals surface area contributed by atoms with Crippen molar-refractivity contribution in [3.8, 4) is 11.8 Å². The minimum Gasteiger partial charge on any atom is -0.320 e. The third-order valence-electron chi connectivity index (χ3n) is 2.26. The van der Waals surface area contributed by atoms with E-state index < -0.39 is 0 Å². The molecule has 0 aliphatic carbocycles. The van der Waals surface area contributed by atoms with Gasteiger partial charge in [-0.15, -0.1) is 0 Å². The zero-order valence-electron chi connectivity index (χ0n) is 10.3. The Morgan fingerprint density at radius 2 is 2.37 bits per heavy atom. The highest BCUT2D eigenvalue weighted by molar-refractivity contribution is 7.16. The molecule has 5 nitrogen and oxygen atoms in total. The van der Waals surface area contributed by atoms with Crippen LogP contribution in [0.1, 0.15) is 20.9 Å². The van der Waals surface area contributed by atoms with Crippen LogP contribution in [0.3, 0.4) is 0 Å². The van der Waals surface area contributed by atoms with Crippen LogP contribution >= 0.6 is 11.3 Å². The SMILES string of the molecule is Cc1cccnc1C(=O)Nc1ncc(C#CCN)s1. The first-order valence-corrected chi connectivity index (χ1v) is 6.40. The van der Waals surface area contributed by atoms with Crippen molar-refractivity contribution in [1.82, 2.24) is 9.97 Å². The summed E-state index contributed by atoms with van der Waals surface area (Å²) >= 11 is 1.30. The van der Waals surface area contributed by atoms with Crippen molar-refractivity contribution in [2.75, 3.05) is 11.9 Å². The number of rotatable bonds is 2. The third-order valence-corrected chi connectivity index (χ3v) is 3.09. The number of nitrogens with two attached hydrogens (primary N) is 1. The molecule has 3 N–H and O–H groups in total. The standard InChI is InChI=1S/C13H12N4OS/c1-9-4-3-7-15-11(9)12(18)17-13-16-8-10(19-13)5-2-6-14/h3-4,7-8H,6,14H2,1H3,(H,16,17,18). The van der Waals surface area contributed by atoms with E-state index in [0.717, 1.165) is 10.4 Å². The number of hydrogen-bond acceptors (Lipinski definition) is 5. The van der Waals surface area contributed by atoms with Gasteiger partial charge in [0, 0.05) is 6.20 Å². The van der Waals surface area contributed by atoms with Crippen LogP contribution in [0.5, 0.6) is 0 Å². The number of nitrogens with one attached hydrogen (secondary N) is 1. The van der Waals surface area contributed by atoms with Crippen LogP contribution in [-0.4, -0.2) is 22.4 Å². The highest BCUT2D eigenvalue weighted by atomic mass is 32.1. The first kappa shape index (κ1) is 13.2. The Morgan fingerprint density at radius 3 is 3.11 bits per heavy atom. The van der Waals surface area contributed by atoms with E-state index >= 15 is 0 Å². The Labute approximate surface area is 114 Å². The van der Waals surface area contributed by atoms with Gasteiger partial charge in [-0.3, -0.25) is 15.1 Å². The molecule has 2 heterocycles. The molecule has 2 aromatic rings. The molecule has 0 atom stereocenters.